The van der Waals surface area contributed by atoms with Crippen LogP contribution in [0, 0.1) is 5.92 Å². The summed E-state index contributed by atoms with van der Waals surface area (Å²) < 4.78 is 2.18. The Bertz CT molecular complexity index is 309. The lowest BCUT2D eigenvalue weighted by molar-refractivity contribution is 0.228. The third kappa shape index (κ3) is 4.88. The van der Waals surface area contributed by atoms with Gasteiger partial charge in [-0.3, -0.25) is 0 Å². The molecular formula is C13H25N3O. The molecule has 0 aliphatic heterocycles. The first-order valence-corrected chi connectivity index (χ1v) is 6.47. The van der Waals surface area contributed by atoms with Gasteiger partial charge in [0, 0.05) is 25.4 Å². The smallest absolute Gasteiger partial charge is 0.0951 e. The average Bonchev–Trinajstić information content (AvgIpc) is 2.76. The van der Waals surface area contributed by atoms with Crippen LogP contribution < -0.4 is 5.32 Å². The molecule has 0 aliphatic carbocycles. The zero-order valence-corrected chi connectivity index (χ0v) is 11.2. The normalized spacial score (nSPS) is 13.2. The zero-order valence-electron chi connectivity index (χ0n) is 11.2. The lowest BCUT2D eigenvalue weighted by Gasteiger charge is -2.12. The van der Waals surface area contributed by atoms with E-state index in [0.29, 0.717) is 18.6 Å². The van der Waals surface area contributed by atoms with E-state index in [1.807, 2.05) is 12.5 Å². The van der Waals surface area contributed by atoms with Crippen LogP contribution in [0.4, 0.5) is 0 Å². The Morgan fingerprint density at radius 3 is 2.82 bits per heavy atom. The molecule has 0 radical (unpaired) electrons. The number of nitrogens with one attached hydrogen (secondary N) is 1. The van der Waals surface area contributed by atoms with Crippen molar-refractivity contribution in [3.63, 3.8) is 0 Å². The van der Waals surface area contributed by atoms with E-state index in [4.69, 9.17) is 5.11 Å². The highest BCUT2D eigenvalue weighted by Gasteiger charge is 2.04. The number of hydrogen-bond donors (Lipinski definition) is 2. The van der Waals surface area contributed by atoms with Gasteiger partial charge in [0.1, 0.15) is 0 Å². The van der Waals surface area contributed by atoms with Crippen molar-refractivity contribution in [1.29, 1.82) is 0 Å². The molecule has 1 unspecified atom stereocenters. The molecule has 0 saturated carbocycles. The molecule has 4 heteroatoms. The van der Waals surface area contributed by atoms with Crippen molar-refractivity contribution in [1.82, 2.24) is 14.9 Å². The maximum Gasteiger partial charge on any atom is 0.0951 e. The molecule has 0 aliphatic rings. The molecule has 0 saturated heterocycles. The van der Waals surface area contributed by atoms with E-state index in [-0.39, 0.29) is 0 Å². The fourth-order valence-corrected chi connectivity index (χ4v) is 1.82. The predicted molar refractivity (Wildman–Crippen MR) is 69.8 cm³/mol. The molecule has 2 N–H and O–H groups in total. The topological polar surface area (TPSA) is 50.1 Å². The monoisotopic (exact) mass is 239 g/mol. The Balaban J connectivity index is 2.20. The van der Waals surface area contributed by atoms with Gasteiger partial charge in [-0.2, -0.15) is 0 Å². The second-order valence-electron chi connectivity index (χ2n) is 4.99. The van der Waals surface area contributed by atoms with E-state index < -0.39 is 0 Å². The number of aliphatic hydroxyl groups is 1. The van der Waals surface area contributed by atoms with Crippen LogP contribution in [-0.4, -0.2) is 27.8 Å². The SMILES string of the molecule is CC(CO)CCCNCc1cncn1C(C)C. The first-order chi connectivity index (χ1) is 8.15. The summed E-state index contributed by atoms with van der Waals surface area (Å²) >= 11 is 0. The van der Waals surface area contributed by atoms with Gasteiger partial charge < -0.3 is 15.0 Å². The summed E-state index contributed by atoms with van der Waals surface area (Å²) in [6.45, 7) is 8.55. The Morgan fingerprint density at radius 1 is 1.41 bits per heavy atom. The quantitative estimate of drug-likeness (QED) is 0.682. The van der Waals surface area contributed by atoms with Crippen molar-refractivity contribution in [2.75, 3.05) is 13.2 Å². The van der Waals surface area contributed by atoms with Crippen molar-refractivity contribution < 1.29 is 5.11 Å². The van der Waals surface area contributed by atoms with Gasteiger partial charge in [0.15, 0.2) is 0 Å². The number of rotatable bonds is 8. The van der Waals surface area contributed by atoms with Crippen molar-refractivity contribution in [3.8, 4) is 0 Å². The van der Waals surface area contributed by atoms with Gasteiger partial charge >= 0.3 is 0 Å². The van der Waals surface area contributed by atoms with E-state index in [9.17, 15) is 0 Å². The van der Waals surface area contributed by atoms with Crippen LogP contribution in [-0.2, 0) is 6.54 Å². The molecule has 4 nitrogen and oxygen atoms in total. The minimum atomic E-state index is 0.292. The molecule has 0 bridgehead atoms. The maximum atomic E-state index is 8.91. The van der Waals surface area contributed by atoms with Crippen molar-refractivity contribution >= 4 is 0 Å². The Kier molecular flexibility index (Phi) is 6.22. The minimum absolute atomic E-state index is 0.292. The molecule has 17 heavy (non-hydrogen) atoms. The van der Waals surface area contributed by atoms with E-state index in [2.05, 4.69) is 35.6 Å². The summed E-state index contributed by atoms with van der Waals surface area (Å²) in [5, 5.41) is 12.3. The third-order valence-corrected chi connectivity index (χ3v) is 2.97. The van der Waals surface area contributed by atoms with Crippen molar-refractivity contribution in [3.05, 3.63) is 18.2 Å². The number of imidazole rings is 1. The highest BCUT2D eigenvalue weighted by molar-refractivity contribution is 4.99. The molecule has 1 heterocycles. The fraction of sp³-hybridized carbons (Fsp3) is 0.769. The van der Waals surface area contributed by atoms with Gasteiger partial charge in [-0.25, -0.2) is 4.98 Å². The molecule has 98 valence electrons. The molecule has 1 atom stereocenters. The lowest BCUT2D eigenvalue weighted by atomic mass is 10.1. The first-order valence-electron chi connectivity index (χ1n) is 6.47. The van der Waals surface area contributed by atoms with Gasteiger partial charge in [-0.15, -0.1) is 0 Å². The fourth-order valence-electron chi connectivity index (χ4n) is 1.82. The Morgan fingerprint density at radius 2 is 2.18 bits per heavy atom. The summed E-state index contributed by atoms with van der Waals surface area (Å²) in [5.74, 6) is 0.415. The molecule has 1 aromatic heterocycles. The molecule has 1 rings (SSSR count). The van der Waals surface area contributed by atoms with Gasteiger partial charge in [-0.1, -0.05) is 6.92 Å². The predicted octanol–water partition coefficient (Wildman–Crippen LogP) is 1.96. The molecule has 0 fully saturated rings. The summed E-state index contributed by atoms with van der Waals surface area (Å²) in [6.07, 6.45) is 5.99. The molecule has 0 aromatic carbocycles. The second kappa shape index (κ2) is 7.45. The molecular weight excluding hydrogens is 214 g/mol. The number of hydrogen-bond acceptors (Lipinski definition) is 3. The molecule has 1 aromatic rings. The number of aromatic nitrogens is 2. The minimum Gasteiger partial charge on any atom is -0.396 e. The van der Waals surface area contributed by atoms with E-state index in [1.54, 1.807) is 0 Å². The summed E-state index contributed by atoms with van der Waals surface area (Å²) in [6, 6.07) is 0.462. The van der Waals surface area contributed by atoms with Gasteiger partial charge in [0.2, 0.25) is 0 Å². The molecule has 0 amide bonds. The van der Waals surface area contributed by atoms with Crippen LogP contribution in [0.3, 0.4) is 0 Å². The van der Waals surface area contributed by atoms with E-state index in [0.717, 1.165) is 25.9 Å². The summed E-state index contributed by atoms with van der Waals surface area (Å²) in [7, 11) is 0. The van der Waals surface area contributed by atoms with Crippen LogP contribution in [0.1, 0.15) is 45.3 Å². The van der Waals surface area contributed by atoms with Crippen LogP contribution in [0.2, 0.25) is 0 Å². The maximum absolute atomic E-state index is 8.91. The second-order valence-corrected chi connectivity index (χ2v) is 4.99. The average molecular weight is 239 g/mol. The van der Waals surface area contributed by atoms with E-state index >= 15 is 0 Å². The van der Waals surface area contributed by atoms with Gasteiger partial charge in [-0.05, 0) is 39.2 Å². The highest BCUT2D eigenvalue weighted by Crippen LogP contribution is 2.08. The summed E-state index contributed by atoms with van der Waals surface area (Å²) in [4.78, 5) is 4.17. The van der Waals surface area contributed by atoms with Crippen molar-refractivity contribution in [2.45, 2.75) is 46.2 Å². The molecule has 0 spiro atoms. The number of aliphatic hydroxyl groups excluding tert-OH is 1. The third-order valence-electron chi connectivity index (χ3n) is 2.97. The van der Waals surface area contributed by atoms with Gasteiger partial charge in [0.05, 0.1) is 12.0 Å². The van der Waals surface area contributed by atoms with Crippen molar-refractivity contribution in [2.24, 2.45) is 5.92 Å². The van der Waals surface area contributed by atoms with Crippen LogP contribution in [0.15, 0.2) is 12.5 Å². The zero-order chi connectivity index (χ0) is 12.7. The first kappa shape index (κ1) is 14.2. The largest absolute Gasteiger partial charge is 0.396 e. The lowest BCUT2D eigenvalue weighted by Crippen LogP contribution is -2.18. The Labute approximate surface area is 104 Å². The van der Waals surface area contributed by atoms with Crippen LogP contribution in [0.25, 0.3) is 0 Å². The standard InChI is InChI=1S/C13H25N3O/c1-11(2)16-10-15-8-13(16)7-14-6-4-5-12(3)9-17/h8,10-12,14,17H,4-7,9H2,1-3H3. The van der Waals surface area contributed by atoms with Crippen LogP contribution >= 0.6 is 0 Å². The van der Waals surface area contributed by atoms with E-state index in [1.165, 1.54) is 5.69 Å². The Hall–Kier alpha value is -0.870. The number of nitrogens with zero attached hydrogens (tertiary/aromatic N) is 2. The summed E-state index contributed by atoms with van der Waals surface area (Å²) in [5.41, 5.74) is 1.23. The van der Waals surface area contributed by atoms with Gasteiger partial charge in [0.25, 0.3) is 0 Å². The highest BCUT2D eigenvalue weighted by atomic mass is 16.3. The van der Waals surface area contributed by atoms with Crippen LogP contribution in [0.5, 0.6) is 0 Å².